The lowest BCUT2D eigenvalue weighted by Crippen LogP contribution is -2.36. The zero-order valence-corrected chi connectivity index (χ0v) is 12.1. The highest BCUT2D eigenvalue weighted by Crippen LogP contribution is 2.13. The summed E-state index contributed by atoms with van der Waals surface area (Å²) in [5, 5.41) is 0. The van der Waals surface area contributed by atoms with Gasteiger partial charge in [0.2, 0.25) is 0 Å². The van der Waals surface area contributed by atoms with Crippen LogP contribution < -0.4 is 4.90 Å². The van der Waals surface area contributed by atoms with Gasteiger partial charge < -0.3 is 14.5 Å². The van der Waals surface area contributed by atoms with Gasteiger partial charge in [-0.15, -0.1) is 0 Å². The van der Waals surface area contributed by atoms with E-state index in [0.29, 0.717) is 0 Å². The molecule has 0 N–H and O–H groups in total. The van der Waals surface area contributed by atoms with E-state index in [0.717, 1.165) is 26.3 Å². The van der Waals surface area contributed by atoms with Crippen LogP contribution in [-0.2, 0) is 4.74 Å². The molecule has 0 unspecified atom stereocenters. The van der Waals surface area contributed by atoms with Crippen molar-refractivity contribution in [1.82, 2.24) is 4.90 Å². The number of anilines is 1. The van der Waals surface area contributed by atoms with E-state index in [1.54, 1.807) is 0 Å². The molecule has 0 atom stereocenters. The molecule has 0 bridgehead atoms. The summed E-state index contributed by atoms with van der Waals surface area (Å²) in [6.07, 6.45) is 4.28. The normalized spacial score (nSPS) is 20.6. The van der Waals surface area contributed by atoms with E-state index >= 15 is 0 Å². The van der Waals surface area contributed by atoms with Crippen molar-refractivity contribution in [3.8, 4) is 0 Å². The van der Waals surface area contributed by atoms with E-state index in [4.69, 9.17) is 4.74 Å². The molecule has 0 aliphatic carbocycles. The number of ether oxygens (including phenoxy) is 1. The summed E-state index contributed by atoms with van der Waals surface area (Å²) in [5.41, 5.74) is 1.31. The molecule has 2 fully saturated rings. The smallest absolute Gasteiger partial charge is 0.0642 e. The highest BCUT2D eigenvalue weighted by molar-refractivity contribution is 5.46. The van der Waals surface area contributed by atoms with Crippen LogP contribution in [0, 0.1) is 0 Å². The standard InChI is InChI=1S/C10H13NO.C6H13N/c1-2-4-10(5-3-1)11-6-8-12-9-7-11;1-7-5-3-2-4-6-7/h1-5H,6-9H2;2-6H2,1H3. The molecule has 0 amide bonds. The Kier molecular flexibility index (Phi) is 6.18. The quantitative estimate of drug-likeness (QED) is 0.774. The minimum atomic E-state index is 0.856. The summed E-state index contributed by atoms with van der Waals surface area (Å²) >= 11 is 0. The Morgan fingerprint density at radius 1 is 0.842 bits per heavy atom. The molecule has 3 heteroatoms. The number of rotatable bonds is 1. The van der Waals surface area contributed by atoms with Gasteiger partial charge in [-0.1, -0.05) is 24.6 Å². The lowest BCUT2D eigenvalue weighted by atomic mass is 10.1. The number of piperidine rings is 1. The first-order chi connectivity index (χ1) is 9.36. The Labute approximate surface area is 117 Å². The van der Waals surface area contributed by atoms with Crippen LogP contribution in [0.4, 0.5) is 5.69 Å². The van der Waals surface area contributed by atoms with Crippen molar-refractivity contribution < 1.29 is 4.74 Å². The summed E-state index contributed by atoms with van der Waals surface area (Å²) in [6, 6.07) is 10.5. The maximum absolute atomic E-state index is 5.28. The average Bonchev–Trinajstić information content (AvgIpc) is 2.51. The first-order valence-corrected chi connectivity index (χ1v) is 7.42. The van der Waals surface area contributed by atoms with Crippen LogP contribution in [0.2, 0.25) is 0 Å². The van der Waals surface area contributed by atoms with Crippen LogP contribution in [-0.4, -0.2) is 51.3 Å². The number of nitrogens with zero attached hydrogens (tertiary/aromatic N) is 2. The van der Waals surface area contributed by atoms with Crippen LogP contribution >= 0.6 is 0 Å². The zero-order valence-electron chi connectivity index (χ0n) is 12.1. The van der Waals surface area contributed by atoms with E-state index in [1.807, 2.05) is 6.07 Å². The third-order valence-corrected chi connectivity index (χ3v) is 3.71. The Hall–Kier alpha value is -1.06. The first kappa shape index (κ1) is 14.4. The van der Waals surface area contributed by atoms with Gasteiger partial charge in [-0.2, -0.15) is 0 Å². The molecule has 2 saturated heterocycles. The second-order valence-corrected chi connectivity index (χ2v) is 5.30. The van der Waals surface area contributed by atoms with Gasteiger partial charge in [0.25, 0.3) is 0 Å². The van der Waals surface area contributed by atoms with Crippen molar-refractivity contribution in [2.75, 3.05) is 51.3 Å². The fourth-order valence-corrected chi connectivity index (χ4v) is 2.51. The van der Waals surface area contributed by atoms with Crippen molar-refractivity contribution in [2.45, 2.75) is 19.3 Å². The lowest BCUT2D eigenvalue weighted by molar-refractivity contribution is 0.122. The number of para-hydroxylation sites is 1. The summed E-state index contributed by atoms with van der Waals surface area (Å²) in [5.74, 6) is 0. The van der Waals surface area contributed by atoms with Crippen molar-refractivity contribution in [3.63, 3.8) is 0 Å². The summed E-state index contributed by atoms with van der Waals surface area (Å²) in [6.45, 7) is 6.39. The van der Waals surface area contributed by atoms with Gasteiger partial charge in [0.15, 0.2) is 0 Å². The van der Waals surface area contributed by atoms with E-state index in [1.165, 1.54) is 38.0 Å². The van der Waals surface area contributed by atoms with Gasteiger partial charge in [0.05, 0.1) is 13.2 Å². The molecule has 3 rings (SSSR count). The molecule has 2 aliphatic heterocycles. The molecule has 2 aliphatic rings. The van der Waals surface area contributed by atoms with Crippen LogP contribution in [0.25, 0.3) is 0 Å². The Bertz CT molecular complexity index is 330. The van der Waals surface area contributed by atoms with Gasteiger partial charge in [-0.25, -0.2) is 0 Å². The topological polar surface area (TPSA) is 15.7 Å². The fraction of sp³-hybridized carbons (Fsp3) is 0.625. The molecule has 106 valence electrons. The van der Waals surface area contributed by atoms with Crippen LogP contribution in [0.15, 0.2) is 30.3 Å². The van der Waals surface area contributed by atoms with E-state index in [-0.39, 0.29) is 0 Å². The zero-order chi connectivity index (χ0) is 13.3. The highest BCUT2D eigenvalue weighted by Gasteiger charge is 2.09. The highest BCUT2D eigenvalue weighted by atomic mass is 16.5. The third kappa shape index (κ3) is 5.21. The summed E-state index contributed by atoms with van der Waals surface area (Å²) < 4.78 is 5.28. The minimum Gasteiger partial charge on any atom is -0.378 e. The molecule has 3 nitrogen and oxygen atoms in total. The fourth-order valence-electron chi connectivity index (χ4n) is 2.51. The second kappa shape index (κ2) is 8.18. The monoisotopic (exact) mass is 262 g/mol. The van der Waals surface area contributed by atoms with Gasteiger partial charge in [0, 0.05) is 18.8 Å². The number of hydrogen-bond acceptors (Lipinski definition) is 3. The lowest BCUT2D eigenvalue weighted by Gasteiger charge is -2.28. The molecular weight excluding hydrogens is 236 g/mol. The van der Waals surface area contributed by atoms with Gasteiger partial charge >= 0.3 is 0 Å². The predicted octanol–water partition coefficient (Wildman–Crippen LogP) is 2.63. The van der Waals surface area contributed by atoms with Crippen molar-refractivity contribution in [3.05, 3.63) is 30.3 Å². The number of likely N-dealkylation sites (tertiary alicyclic amines) is 1. The molecule has 0 spiro atoms. The van der Waals surface area contributed by atoms with E-state index in [9.17, 15) is 0 Å². The maximum atomic E-state index is 5.28. The Morgan fingerprint density at radius 3 is 2.00 bits per heavy atom. The van der Waals surface area contributed by atoms with Crippen molar-refractivity contribution >= 4 is 5.69 Å². The molecule has 0 saturated carbocycles. The van der Waals surface area contributed by atoms with Crippen molar-refractivity contribution in [2.24, 2.45) is 0 Å². The average molecular weight is 262 g/mol. The largest absolute Gasteiger partial charge is 0.378 e. The van der Waals surface area contributed by atoms with Gasteiger partial charge in [-0.05, 0) is 45.1 Å². The molecule has 2 heterocycles. The summed E-state index contributed by atoms with van der Waals surface area (Å²) in [7, 11) is 2.19. The maximum Gasteiger partial charge on any atom is 0.0642 e. The molecule has 0 aromatic heterocycles. The Balaban J connectivity index is 0.000000163. The van der Waals surface area contributed by atoms with Gasteiger partial charge in [0.1, 0.15) is 0 Å². The van der Waals surface area contributed by atoms with Crippen LogP contribution in [0.5, 0.6) is 0 Å². The first-order valence-electron chi connectivity index (χ1n) is 7.42. The number of hydrogen-bond donors (Lipinski definition) is 0. The summed E-state index contributed by atoms with van der Waals surface area (Å²) in [4.78, 5) is 4.74. The molecular formula is C16H26N2O. The number of benzene rings is 1. The second-order valence-electron chi connectivity index (χ2n) is 5.30. The molecule has 19 heavy (non-hydrogen) atoms. The van der Waals surface area contributed by atoms with E-state index < -0.39 is 0 Å². The van der Waals surface area contributed by atoms with Crippen molar-refractivity contribution in [1.29, 1.82) is 0 Å². The minimum absolute atomic E-state index is 0.856. The SMILES string of the molecule is CN1CCCCC1.c1ccc(N2CCOCC2)cc1. The predicted molar refractivity (Wildman–Crippen MR) is 80.8 cm³/mol. The van der Waals surface area contributed by atoms with Gasteiger partial charge in [-0.3, -0.25) is 0 Å². The third-order valence-electron chi connectivity index (χ3n) is 3.71. The Morgan fingerprint density at radius 2 is 1.47 bits per heavy atom. The molecule has 0 radical (unpaired) electrons. The van der Waals surface area contributed by atoms with Crippen LogP contribution in [0.1, 0.15) is 19.3 Å². The number of morpholine rings is 1. The van der Waals surface area contributed by atoms with Crippen LogP contribution in [0.3, 0.4) is 0 Å². The molecule has 1 aromatic carbocycles. The molecule has 1 aromatic rings. The van der Waals surface area contributed by atoms with E-state index in [2.05, 4.69) is 41.1 Å².